The van der Waals surface area contributed by atoms with Gasteiger partial charge in [0.15, 0.2) is 0 Å². The molecular formula is C17H27NO2. The Hall–Kier alpha value is -1.22. The summed E-state index contributed by atoms with van der Waals surface area (Å²) in [6.07, 6.45) is 3.87. The largest absolute Gasteiger partial charge is 0.497 e. The molecule has 1 aliphatic rings. The fourth-order valence-electron chi connectivity index (χ4n) is 2.70. The van der Waals surface area contributed by atoms with Crippen LogP contribution in [-0.4, -0.2) is 26.8 Å². The van der Waals surface area contributed by atoms with Crippen LogP contribution in [0.15, 0.2) is 24.3 Å². The minimum Gasteiger partial charge on any atom is -0.497 e. The van der Waals surface area contributed by atoms with Gasteiger partial charge in [-0.15, -0.1) is 0 Å². The molecule has 20 heavy (non-hydrogen) atoms. The molecule has 0 bridgehead atoms. The molecule has 1 fully saturated rings. The second-order valence-corrected chi connectivity index (χ2v) is 5.98. The van der Waals surface area contributed by atoms with Gasteiger partial charge in [0.2, 0.25) is 0 Å². The van der Waals surface area contributed by atoms with Crippen LogP contribution in [0.2, 0.25) is 0 Å². The van der Waals surface area contributed by atoms with E-state index in [4.69, 9.17) is 9.47 Å². The third kappa shape index (κ3) is 4.14. The van der Waals surface area contributed by atoms with E-state index < -0.39 is 0 Å². The number of hydrogen-bond acceptors (Lipinski definition) is 3. The molecule has 0 spiro atoms. The molecule has 1 aromatic carbocycles. The van der Waals surface area contributed by atoms with E-state index in [1.165, 1.54) is 12.8 Å². The van der Waals surface area contributed by atoms with Crippen molar-refractivity contribution in [1.82, 2.24) is 5.32 Å². The molecule has 0 heterocycles. The zero-order chi connectivity index (χ0) is 14.4. The van der Waals surface area contributed by atoms with Crippen molar-refractivity contribution in [2.75, 3.05) is 26.8 Å². The Morgan fingerprint density at radius 3 is 2.40 bits per heavy atom. The minimum absolute atomic E-state index is 0.377. The second-order valence-electron chi connectivity index (χ2n) is 5.98. The monoisotopic (exact) mass is 277 g/mol. The summed E-state index contributed by atoms with van der Waals surface area (Å²) < 4.78 is 11.0. The zero-order valence-electron chi connectivity index (χ0n) is 12.9. The van der Waals surface area contributed by atoms with Crippen molar-refractivity contribution in [2.24, 2.45) is 11.3 Å². The Labute approximate surface area is 122 Å². The van der Waals surface area contributed by atoms with E-state index in [9.17, 15) is 0 Å². The van der Waals surface area contributed by atoms with Gasteiger partial charge in [0.1, 0.15) is 11.5 Å². The second kappa shape index (κ2) is 6.98. The number of rotatable bonds is 9. The highest BCUT2D eigenvalue weighted by molar-refractivity contribution is 5.31. The zero-order valence-corrected chi connectivity index (χ0v) is 12.9. The molecule has 2 rings (SSSR count). The van der Waals surface area contributed by atoms with Gasteiger partial charge in [-0.1, -0.05) is 13.8 Å². The molecule has 0 radical (unpaired) electrons. The summed E-state index contributed by atoms with van der Waals surface area (Å²) >= 11 is 0. The van der Waals surface area contributed by atoms with Gasteiger partial charge in [0, 0.05) is 6.54 Å². The Morgan fingerprint density at radius 2 is 1.85 bits per heavy atom. The summed E-state index contributed by atoms with van der Waals surface area (Å²) in [5.41, 5.74) is 0.377. The SMILES string of the molecule is CCNCC(C)(CCOc1ccc(OC)cc1)C1CC1. The summed E-state index contributed by atoms with van der Waals surface area (Å²) in [4.78, 5) is 0. The molecule has 1 N–H and O–H groups in total. The standard InChI is InChI=1S/C17H27NO2/c1-4-18-13-17(2,14-5-6-14)11-12-20-16-9-7-15(19-3)8-10-16/h7-10,14,18H,4-6,11-13H2,1-3H3. The molecule has 0 amide bonds. The summed E-state index contributed by atoms with van der Waals surface area (Å²) in [6, 6.07) is 7.82. The molecule has 1 aromatic rings. The average molecular weight is 277 g/mol. The smallest absolute Gasteiger partial charge is 0.119 e. The maximum absolute atomic E-state index is 5.88. The van der Waals surface area contributed by atoms with Gasteiger partial charge in [-0.3, -0.25) is 0 Å². The van der Waals surface area contributed by atoms with Crippen molar-refractivity contribution in [3.8, 4) is 11.5 Å². The van der Waals surface area contributed by atoms with Crippen LogP contribution in [0.5, 0.6) is 11.5 Å². The lowest BCUT2D eigenvalue weighted by Gasteiger charge is -2.30. The summed E-state index contributed by atoms with van der Waals surface area (Å²) in [5, 5.41) is 3.50. The van der Waals surface area contributed by atoms with Crippen molar-refractivity contribution < 1.29 is 9.47 Å². The third-order valence-electron chi connectivity index (χ3n) is 4.34. The number of hydrogen-bond donors (Lipinski definition) is 1. The molecule has 0 aromatic heterocycles. The number of ether oxygens (including phenoxy) is 2. The van der Waals surface area contributed by atoms with Crippen LogP contribution >= 0.6 is 0 Å². The van der Waals surface area contributed by atoms with E-state index in [-0.39, 0.29) is 0 Å². The first-order valence-electron chi connectivity index (χ1n) is 7.65. The number of nitrogens with one attached hydrogen (secondary N) is 1. The number of methoxy groups -OCH3 is 1. The van der Waals surface area contributed by atoms with Crippen LogP contribution in [0.25, 0.3) is 0 Å². The molecule has 3 heteroatoms. The molecular weight excluding hydrogens is 250 g/mol. The van der Waals surface area contributed by atoms with Crippen molar-refractivity contribution in [3.05, 3.63) is 24.3 Å². The molecule has 1 unspecified atom stereocenters. The van der Waals surface area contributed by atoms with Crippen LogP contribution in [0.3, 0.4) is 0 Å². The maximum atomic E-state index is 5.88. The van der Waals surface area contributed by atoms with E-state index in [1.807, 2.05) is 24.3 Å². The van der Waals surface area contributed by atoms with E-state index in [1.54, 1.807) is 7.11 Å². The average Bonchev–Trinajstić information content (AvgIpc) is 3.31. The first kappa shape index (κ1) is 15.2. The maximum Gasteiger partial charge on any atom is 0.119 e. The molecule has 1 saturated carbocycles. The van der Waals surface area contributed by atoms with Crippen LogP contribution in [-0.2, 0) is 0 Å². The quantitative estimate of drug-likeness (QED) is 0.749. The highest BCUT2D eigenvalue weighted by Crippen LogP contribution is 2.47. The van der Waals surface area contributed by atoms with Crippen LogP contribution < -0.4 is 14.8 Å². The van der Waals surface area contributed by atoms with Crippen molar-refractivity contribution in [1.29, 1.82) is 0 Å². The van der Waals surface area contributed by atoms with Gasteiger partial charge in [0.05, 0.1) is 13.7 Å². The molecule has 0 saturated heterocycles. The molecule has 1 atom stereocenters. The lowest BCUT2D eigenvalue weighted by Crippen LogP contribution is -2.35. The van der Waals surface area contributed by atoms with Gasteiger partial charge >= 0.3 is 0 Å². The van der Waals surface area contributed by atoms with Gasteiger partial charge in [0.25, 0.3) is 0 Å². The van der Waals surface area contributed by atoms with Gasteiger partial charge in [-0.05, 0) is 61.4 Å². The van der Waals surface area contributed by atoms with Crippen molar-refractivity contribution >= 4 is 0 Å². The molecule has 1 aliphatic carbocycles. The predicted octanol–water partition coefficient (Wildman–Crippen LogP) is 3.49. The third-order valence-corrected chi connectivity index (χ3v) is 4.34. The van der Waals surface area contributed by atoms with Crippen LogP contribution in [0.4, 0.5) is 0 Å². The highest BCUT2D eigenvalue weighted by Gasteiger charge is 2.40. The van der Waals surface area contributed by atoms with Crippen LogP contribution in [0.1, 0.15) is 33.1 Å². The van der Waals surface area contributed by atoms with E-state index in [0.29, 0.717) is 5.41 Å². The Morgan fingerprint density at radius 1 is 1.20 bits per heavy atom. The fourth-order valence-corrected chi connectivity index (χ4v) is 2.70. The lowest BCUT2D eigenvalue weighted by atomic mass is 9.81. The first-order chi connectivity index (χ1) is 9.68. The van der Waals surface area contributed by atoms with Gasteiger partial charge in [-0.25, -0.2) is 0 Å². The Kier molecular flexibility index (Phi) is 5.30. The van der Waals surface area contributed by atoms with Crippen LogP contribution in [0, 0.1) is 11.3 Å². The fraction of sp³-hybridized carbons (Fsp3) is 0.647. The lowest BCUT2D eigenvalue weighted by molar-refractivity contribution is 0.181. The van der Waals surface area contributed by atoms with Crippen molar-refractivity contribution in [3.63, 3.8) is 0 Å². The van der Waals surface area contributed by atoms with E-state index in [2.05, 4.69) is 19.2 Å². The first-order valence-corrected chi connectivity index (χ1v) is 7.65. The van der Waals surface area contributed by atoms with E-state index >= 15 is 0 Å². The van der Waals surface area contributed by atoms with E-state index in [0.717, 1.165) is 43.5 Å². The van der Waals surface area contributed by atoms with Gasteiger partial charge in [-0.2, -0.15) is 0 Å². The highest BCUT2D eigenvalue weighted by atomic mass is 16.5. The molecule has 3 nitrogen and oxygen atoms in total. The summed E-state index contributed by atoms with van der Waals surface area (Å²) in [7, 11) is 1.68. The summed E-state index contributed by atoms with van der Waals surface area (Å²) in [5.74, 6) is 2.67. The topological polar surface area (TPSA) is 30.5 Å². The Bertz CT molecular complexity index is 400. The summed E-state index contributed by atoms with van der Waals surface area (Å²) in [6.45, 7) is 7.48. The molecule has 112 valence electrons. The molecule has 0 aliphatic heterocycles. The number of benzene rings is 1. The normalized spacial score (nSPS) is 17.6. The Balaban J connectivity index is 1.80. The minimum atomic E-state index is 0.377. The van der Waals surface area contributed by atoms with Gasteiger partial charge < -0.3 is 14.8 Å². The predicted molar refractivity (Wildman–Crippen MR) is 82.5 cm³/mol. The van der Waals surface area contributed by atoms with Crippen molar-refractivity contribution in [2.45, 2.75) is 33.1 Å².